The van der Waals surface area contributed by atoms with E-state index in [1.807, 2.05) is 32.0 Å². The number of aryl methyl sites for hydroxylation is 2. The summed E-state index contributed by atoms with van der Waals surface area (Å²) in [5.41, 5.74) is 8.99. The van der Waals surface area contributed by atoms with Gasteiger partial charge in [-0.25, -0.2) is 4.98 Å². The molecule has 1 heterocycles. The second-order valence-corrected chi connectivity index (χ2v) is 5.10. The van der Waals surface area contributed by atoms with Gasteiger partial charge in [0.15, 0.2) is 5.13 Å². The van der Waals surface area contributed by atoms with Gasteiger partial charge < -0.3 is 10.5 Å². The van der Waals surface area contributed by atoms with Crippen LogP contribution in [0.25, 0.3) is 11.3 Å². The topological polar surface area (TPSA) is 48.1 Å². The van der Waals surface area contributed by atoms with E-state index < -0.39 is 0 Å². The summed E-state index contributed by atoms with van der Waals surface area (Å²) >= 11 is 1.52. The highest BCUT2D eigenvalue weighted by molar-refractivity contribution is 7.15. The zero-order chi connectivity index (χ0) is 12.4. The molecule has 0 bridgehead atoms. The van der Waals surface area contributed by atoms with Crippen LogP contribution < -0.4 is 10.5 Å². The van der Waals surface area contributed by atoms with Crippen LogP contribution in [0, 0.1) is 13.8 Å². The minimum atomic E-state index is 0.616. The Morgan fingerprint density at radius 3 is 2.65 bits per heavy atom. The molecule has 0 fully saturated rings. The van der Waals surface area contributed by atoms with Gasteiger partial charge >= 0.3 is 0 Å². The summed E-state index contributed by atoms with van der Waals surface area (Å²) in [6.07, 6.45) is 0. The van der Waals surface area contributed by atoms with Gasteiger partial charge in [0.25, 0.3) is 0 Å². The lowest BCUT2D eigenvalue weighted by Gasteiger charge is -2.08. The number of nitrogens with two attached hydrogens (primary N) is 1. The van der Waals surface area contributed by atoms with Crippen molar-refractivity contribution in [1.82, 2.24) is 4.98 Å². The Hall–Kier alpha value is -1.55. The fourth-order valence-electron chi connectivity index (χ4n) is 1.83. The number of benzene rings is 1. The van der Waals surface area contributed by atoms with Gasteiger partial charge in [-0.05, 0) is 44.5 Å². The van der Waals surface area contributed by atoms with Crippen molar-refractivity contribution in [3.63, 3.8) is 0 Å². The van der Waals surface area contributed by atoms with E-state index in [2.05, 4.69) is 11.9 Å². The summed E-state index contributed by atoms with van der Waals surface area (Å²) in [6.45, 7) is 6.77. The molecule has 0 amide bonds. The van der Waals surface area contributed by atoms with Crippen LogP contribution in [0.5, 0.6) is 5.75 Å². The van der Waals surface area contributed by atoms with Gasteiger partial charge in [0.2, 0.25) is 0 Å². The molecular weight excluding hydrogens is 232 g/mol. The molecule has 0 unspecified atom stereocenters. The van der Waals surface area contributed by atoms with Gasteiger partial charge in [-0.15, -0.1) is 11.3 Å². The van der Waals surface area contributed by atoms with Crippen molar-refractivity contribution >= 4 is 16.5 Å². The Morgan fingerprint density at radius 2 is 2.12 bits per heavy atom. The highest BCUT2D eigenvalue weighted by Crippen LogP contribution is 2.32. The molecular formula is C13H16N2OS. The van der Waals surface area contributed by atoms with Gasteiger partial charge in [0.05, 0.1) is 12.3 Å². The van der Waals surface area contributed by atoms with Crippen LogP contribution in [0.4, 0.5) is 5.13 Å². The van der Waals surface area contributed by atoms with Crippen molar-refractivity contribution in [2.24, 2.45) is 0 Å². The number of thiazole rings is 1. The van der Waals surface area contributed by atoms with Crippen molar-refractivity contribution in [1.29, 1.82) is 0 Å². The second kappa shape index (κ2) is 4.75. The van der Waals surface area contributed by atoms with E-state index in [0.29, 0.717) is 11.7 Å². The molecule has 0 radical (unpaired) electrons. The highest BCUT2D eigenvalue weighted by atomic mass is 32.1. The maximum atomic E-state index is 5.73. The number of nitrogens with zero attached hydrogens (tertiary/aromatic N) is 1. The maximum absolute atomic E-state index is 5.73. The minimum Gasteiger partial charge on any atom is -0.494 e. The van der Waals surface area contributed by atoms with Gasteiger partial charge in [0, 0.05) is 10.4 Å². The first-order valence-electron chi connectivity index (χ1n) is 5.58. The molecule has 0 saturated heterocycles. The quantitative estimate of drug-likeness (QED) is 0.905. The summed E-state index contributed by atoms with van der Waals surface area (Å²) < 4.78 is 5.47. The zero-order valence-electron chi connectivity index (χ0n) is 10.3. The van der Waals surface area contributed by atoms with Crippen LogP contribution in [0.1, 0.15) is 17.4 Å². The van der Waals surface area contributed by atoms with Gasteiger partial charge in [0.1, 0.15) is 5.75 Å². The summed E-state index contributed by atoms with van der Waals surface area (Å²) in [4.78, 5) is 5.52. The number of rotatable bonds is 3. The number of ether oxygens (including phenoxy) is 1. The van der Waals surface area contributed by atoms with Gasteiger partial charge in [-0.3, -0.25) is 0 Å². The Bertz CT molecular complexity index is 534. The van der Waals surface area contributed by atoms with Gasteiger partial charge in [-0.1, -0.05) is 0 Å². The van der Waals surface area contributed by atoms with E-state index in [-0.39, 0.29) is 0 Å². The summed E-state index contributed by atoms with van der Waals surface area (Å²) in [7, 11) is 0. The zero-order valence-corrected chi connectivity index (χ0v) is 11.1. The van der Waals surface area contributed by atoms with Gasteiger partial charge in [-0.2, -0.15) is 0 Å². The predicted molar refractivity (Wildman–Crippen MR) is 72.6 cm³/mol. The molecule has 2 aromatic rings. The molecule has 1 aromatic heterocycles. The van der Waals surface area contributed by atoms with Crippen LogP contribution in [-0.2, 0) is 0 Å². The predicted octanol–water partition coefficient (Wildman–Crippen LogP) is 3.41. The van der Waals surface area contributed by atoms with Crippen LogP contribution in [0.2, 0.25) is 0 Å². The summed E-state index contributed by atoms with van der Waals surface area (Å²) in [6, 6.07) is 6.05. The van der Waals surface area contributed by atoms with Crippen molar-refractivity contribution in [3.05, 3.63) is 28.6 Å². The first-order valence-corrected chi connectivity index (χ1v) is 6.40. The lowest BCUT2D eigenvalue weighted by atomic mass is 10.0. The molecule has 0 spiro atoms. The molecule has 0 atom stereocenters. The average molecular weight is 248 g/mol. The van der Waals surface area contributed by atoms with E-state index in [1.165, 1.54) is 11.3 Å². The number of aromatic nitrogens is 1. The molecule has 0 aliphatic rings. The van der Waals surface area contributed by atoms with E-state index in [4.69, 9.17) is 10.5 Å². The molecule has 2 N–H and O–H groups in total. The molecule has 0 saturated carbocycles. The summed E-state index contributed by atoms with van der Waals surface area (Å²) in [5.74, 6) is 0.898. The molecule has 17 heavy (non-hydrogen) atoms. The third-order valence-electron chi connectivity index (χ3n) is 2.58. The van der Waals surface area contributed by atoms with E-state index in [1.54, 1.807) is 0 Å². The van der Waals surface area contributed by atoms with Crippen LogP contribution >= 0.6 is 11.3 Å². The molecule has 0 aliphatic heterocycles. The molecule has 0 aliphatic carbocycles. The smallest absolute Gasteiger partial charge is 0.180 e. The van der Waals surface area contributed by atoms with E-state index >= 15 is 0 Å². The first-order chi connectivity index (χ1) is 8.11. The third kappa shape index (κ3) is 2.42. The van der Waals surface area contributed by atoms with E-state index in [9.17, 15) is 0 Å². The Balaban J connectivity index is 2.43. The number of nitrogen functional groups attached to an aromatic ring is 1. The molecule has 1 aromatic carbocycles. The SMILES string of the molecule is CCOc1ccc(-c2nc(N)sc2C)c(C)c1. The van der Waals surface area contributed by atoms with E-state index in [0.717, 1.165) is 27.4 Å². The fraction of sp³-hybridized carbons (Fsp3) is 0.308. The highest BCUT2D eigenvalue weighted by Gasteiger charge is 2.10. The van der Waals surface area contributed by atoms with Crippen LogP contribution in [0.15, 0.2) is 18.2 Å². The summed E-state index contributed by atoms with van der Waals surface area (Å²) in [5, 5.41) is 0.616. The Labute approximate surface area is 105 Å². The number of hydrogen-bond donors (Lipinski definition) is 1. The van der Waals surface area contributed by atoms with Crippen molar-refractivity contribution in [2.45, 2.75) is 20.8 Å². The Morgan fingerprint density at radius 1 is 1.35 bits per heavy atom. The van der Waals surface area contributed by atoms with Crippen LogP contribution in [-0.4, -0.2) is 11.6 Å². The van der Waals surface area contributed by atoms with Crippen LogP contribution in [0.3, 0.4) is 0 Å². The third-order valence-corrected chi connectivity index (χ3v) is 3.38. The van der Waals surface area contributed by atoms with Crippen molar-refractivity contribution in [3.8, 4) is 17.0 Å². The molecule has 90 valence electrons. The first kappa shape index (κ1) is 11.9. The maximum Gasteiger partial charge on any atom is 0.180 e. The monoisotopic (exact) mass is 248 g/mol. The van der Waals surface area contributed by atoms with Crippen molar-refractivity contribution in [2.75, 3.05) is 12.3 Å². The minimum absolute atomic E-state index is 0.616. The standard InChI is InChI=1S/C13H16N2OS/c1-4-16-10-5-6-11(8(2)7-10)12-9(3)17-13(14)15-12/h5-7H,4H2,1-3H3,(H2,14,15). The molecule has 2 rings (SSSR count). The lowest BCUT2D eigenvalue weighted by molar-refractivity contribution is 0.340. The lowest BCUT2D eigenvalue weighted by Crippen LogP contribution is -1.93. The number of hydrogen-bond acceptors (Lipinski definition) is 4. The Kier molecular flexibility index (Phi) is 3.33. The average Bonchev–Trinajstić information content (AvgIpc) is 2.58. The normalized spacial score (nSPS) is 10.5. The van der Waals surface area contributed by atoms with Crippen molar-refractivity contribution < 1.29 is 4.74 Å². The molecule has 4 heteroatoms. The second-order valence-electron chi connectivity index (χ2n) is 3.87. The largest absolute Gasteiger partial charge is 0.494 e. The fourth-order valence-corrected chi connectivity index (χ4v) is 2.53. The molecule has 3 nitrogen and oxygen atoms in total. The number of anilines is 1.